The summed E-state index contributed by atoms with van der Waals surface area (Å²) in [6, 6.07) is 9.91. The summed E-state index contributed by atoms with van der Waals surface area (Å²) in [4.78, 5) is 22.2. The van der Waals surface area contributed by atoms with Crippen LogP contribution in [-0.4, -0.2) is 110 Å². The lowest BCUT2D eigenvalue weighted by atomic mass is 9.77. The Bertz CT molecular complexity index is 2160. The normalized spacial score (nSPS) is 24.8. The third kappa shape index (κ3) is 7.92. The molecular formula is C47H65N11O2. The van der Waals surface area contributed by atoms with Crippen LogP contribution in [0.4, 0.5) is 17.3 Å². The van der Waals surface area contributed by atoms with Gasteiger partial charge in [0.1, 0.15) is 6.10 Å². The number of carbonyl (C=O) groups excluding carboxylic acids is 1. The van der Waals surface area contributed by atoms with E-state index in [0.29, 0.717) is 35.8 Å². The molecule has 4 aromatic rings. The summed E-state index contributed by atoms with van der Waals surface area (Å²) in [6.45, 7) is 15.2. The third-order valence-electron chi connectivity index (χ3n) is 15.2. The summed E-state index contributed by atoms with van der Waals surface area (Å²) in [5, 5.41) is 22.7. The van der Waals surface area contributed by atoms with E-state index in [1.807, 2.05) is 28.9 Å². The van der Waals surface area contributed by atoms with Gasteiger partial charge in [0.05, 0.1) is 18.8 Å². The quantitative estimate of drug-likeness (QED) is 0.209. The molecule has 60 heavy (non-hydrogen) atoms. The summed E-state index contributed by atoms with van der Waals surface area (Å²) >= 11 is 0. The van der Waals surface area contributed by atoms with E-state index in [0.717, 1.165) is 108 Å². The number of nitrogens with one attached hydrogen (secondary N) is 1. The zero-order chi connectivity index (χ0) is 41.0. The molecule has 320 valence electrons. The van der Waals surface area contributed by atoms with Crippen molar-refractivity contribution in [2.24, 2.45) is 18.4 Å². The van der Waals surface area contributed by atoms with Crippen molar-refractivity contribution >= 4 is 23.2 Å². The van der Waals surface area contributed by atoms with Gasteiger partial charge < -0.3 is 29.7 Å². The van der Waals surface area contributed by atoms with E-state index in [4.69, 9.17) is 9.84 Å². The summed E-state index contributed by atoms with van der Waals surface area (Å²) in [5.74, 6) is 3.55. The van der Waals surface area contributed by atoms with Gasteiger partial charge in [-0.05, 0) is 131 Å². The number of carbonyl (C=O) groups is 1. The monoisotopic (exact) mass is 816 g/mol. The van der Waals surface area contributed by atoms with E-state index in [1.165, 1.54) is 72.3 Å². The molecule has 1 aliphatic carbocycles. The predicted octanol–water partition coefficient (Wildman–Crippen LogP) is 6.61. The fourth-order valence-electron chi connectivity index (χ4n) is 11.7. The molecule has 0 bridgehead atoms. The maximum Gasteiger partial charge on any atom is 0.233 e. The number of benzene rings is 1. The highest BCUT2D eigenvalue weighted by Crippen LogP contribution is 2.44. The van der Waals surface area contributed by atoms with Gasteiger partial charge in [0.2, 0.25) is 11.8 Å². The lowest BCUT2D eigenvalue weighted by Gasteiger charge is -2.39. The summed E-state index contributed by atoms with van der Waals surface area (Å²) in [7, 11) is 1.98. The Morgan fingerprint density at radius 3 is 2.48 bits per heavy atom. The van der Waals surface area contributed by atoms with E-state index >= 15 is 0 Å². The molecule has 4 fully saturated rings. The average Bonchev–Trinajstić information content (AvgIpc) is 3.98. The maximum absolute atomic E-state index is 12.7. The van der Waals surface area contributed by atoms with Crippen LogP contribution in [0, 0.1) is 18.3 Å². The first-order chi connectivity index (χ1) is 29.2. The van der Waals surface area contributed by atoms with E-state index in [2.05, 4.69) is 78.2 Å². The van der Waals surface area contributed by atoms with Crippen molar-refractivity contribution in [3.05, 3.63) is 59.0 Å². The van der Waals surface area contributed by atoms with Gasteiger partial charge >= 0.3 is 0 Å². The minimum absolute atomic E-state index is 0.145. The van der Waals surface area contributed by atoms with E-state index < -0.39 is 0 Å². The minimum atomic E-state index is 0.145. The summed E-state index contributed by atoms with van der Waals surface area (Å²) in [5.41, 5.74) is 9.36. The highest BCUT2D eigenvalue weighted by atomic mass is 16.5. The molecule has 1 aromatic carbocycles. The molecule has 6 aliphatic rings. The highest BCUT2D eigenvalue weighted by molar-refractivity contribution is 5.77. The fourth-order valence-corrected chi connectivity index (χ4v) is 11.7. The van der Waals surface area contributed by atoms with Crippen molar-refractivity contribution in [1.82, 2.24) is 44.9 Å². The van der Waals surface area contributed by atoms with Crippen LogP contribution in [0.3, 0.4) is 0 Å². The molecule has 8 heterocycles. The van der Waals surface area contributed by atoms with Crippen LogP contribution in [0.25, 0.3) is 11.1 Å². The standard InChI is InChI=1S/C47H65N11O2/c1-32-24-43-36(25-40(32)37-27-49-53(4)29-37)6-5-18-57(43)46-41-30-56(34(3)59)21-15-42(41)58(52-46)38-9-7-35(8-10-38)28-54-19-13-39(14-20-54)60-45-12-11-44(50-51-45)55-22-16-47(17-23-55)26-33(2)48-31-47/h11-12,24-25,27,29,33,35,38-39,48H,5-10,13-23,26,28,30-31H2,1-4H3/t33-,35?,38?/m0/s1. The number of anilines is 3. The average molecular weight is 816 g/mol. The van der Waals surface area contributed by atoms with Crippen LogP contribution in [0.2, 0.25) is 0 Å². The molecule has 0 unspecified atom stereocenters. The van der Waals surface area contributed by atoms with Gasteiger partial charge in [-0.3, -0.25) is 14.2 Å². The molecule has 13 heteroatoms. The number of nitrogens with zero attached hydrogens (tertiary/aromatic N) is 10. The molecule has 5 aliphatic heterocycles. The second-order valence-electron chi connectivity index (χ2n) is 19.3. The second-order valence-corrected chi connectivity index (χ2v) is 19.3. The predicted molar refractivity (Wildman–Crippen MR) is 235 cm³/mol. The van der Waals surface area contributed by atoms with Crippen LogP contribution in [-0.2, 0) is 31.2 Å². The molecule has 3 aromatic heterocycles. The van der Waals surface area contributed by atoms with Crippen molar-refractivity contribution in [2.75, 3.05) is 62.2 Å². The Balaban J connectivity index is 0.746. The van der Waals surface area contributed by atoms with Gasteiger partial charge in [-0.15, -0.1) is 10.2 Å². The highest BCUT2D eigenvalue weighted by Gasteiger charge is 2.40. The molecule has 1 N–H and O–H groups in total. The number of aromatic nitrogens is 6. The van der Waals surface area contributed by atoms with Crippen LogP contribution in [0.15, 0.2) is 36.7 Å². The van der Waals surface area contributed by atoms with Crippen molar-refractivity contribution in [1.29, 1.82) is 0 Å². The molecule has 1 amide bonds. The molecule has 1 saturated carbocycles. The zero-order valence-corrected chi connectivity index (χ0v) is 36.4. The fraction of sp³-hybridized carbons (Fsp3) is 0.638. The lowest BCUT2D eigenvalue weighted by molar-refractivity contribution is -0.129. The van der Waals surface area contributed by atoms with Crippen LogP contribution >= 0.6 is 0 Å². The topological polar surface area (TPSA) is 113 Å². The van der Waals surface area contributed by atoms with Gasteiger partial charge in [-0.2, -0.15) is 10.2 Å². The molecule has 3 saturated heterocycles. The lowest BCUT2D eigenvalue weighted by Crippen LogP contribution is -2.42. The van der Waals surface area contributed by atoms with Crippen molar-refractivity contribution in [3.8, 4) is 17.0 Å². The summed E-state index contributed by atoms with van der Waals surface area (Å²) in [6.07, 6.45) is 17.8. The molecule has 0 radical (unpaired) electrons. The number of aryl methyl sites for hydroxylation is 3. The number of hydrogen-bond donors (Lipinski definition) is 1. The number of ether oxygens (including phenoxy) is 1. The number of likely N-dealkylation sites (tertiary alicyclic amines) is 1. The van der Waals surface area contributed by atoms with E-state index in [9.17, 15) is 4.79 Å². The largest absolute Gasteiger partial charge is 0.473 e. The van der Waals surface area contributed by atoms with Crippen LogP contribution in [0.5, 0.6) is 5.88 Å². The SMILES string of the molecule is CC(=O)N1CCc2c(c(N3CCCc4cc(-c5cnn(C)c5)c(C)cc43)nn2C2CCC(CN3CCC(Oc4ccc(N5CCC6(CC5)CN[C@@H](C)C6)nn4)CC3)CC2)C1. The van der Waals surface area contributed by atoms with Gasteiger partial charge in [0.25, 0.3) is 0 Å². The number of amides is 1. The van der Waals surface area contributed by atoms with Crippen molar-refractivity contribution < 1.29 is 9.53 Å². The number of hydrogen-bond acceptors (Lipinski definition) is 10. The minimum Gasteiger partial charge on any atom is -0.473 e. The molecule has 10 rings (SSSR count). The Kier molecular flexibility index (Phi) is 10.8. The Morgan fingerprint density at radius 1 is 0.967 bits per heavy atom. The number of rotatable bonds is 8. The Labute approximate surface area is 355 Å². The van der Waals surface area contributed by atoms with Gasteiger partial charge in [0.15, 0.2) is 11.6 Å². The van der Waals surface area contributed by atoms with E-state index in [-0.39, 0.29) is 12.0 Å². The summed E-state index contributed by atoms with van der Waals surface area (Å²) < 4.78 is 10.7. The molecule has 1 spiro atoms. The van der Waals surface area contributed by atoms with Gasteiger partial charge in [0, 0.05) is 114 Å². The third-order valence-corrected chi connectivity index (χ3v) is 15.2. The smallest absolute Gasteiger partial charge is 0.233 e. The zero-order valence-electron chi connectivity index (χ0n) is 36.4. The first-order valence-corrected chi connectivity index (χ1v) is 23.1. The molecular weight excluding hydrogens is 751 g/mol. The van der Waals surface area contributed by atoms with Crippen LogP contribution < -0.4 is 19.9 Å². The van der Waals surface area contributed by atoms with Gasteiger partial charge in [-0.25, -0.2) is 0 Å². The van der Waals surface area contributed by atoms with Gasteiger partial charge in [-0.1, -0.05) is 0 Å². The second kappa shape index (κ2) is 16.4. The molecule has 13 nitrogen and oxygen atoms in total. The first kappa shape index (κ1) is 39.6. The van der Waals surface area contributed by atoms with Crippen molar-refractivity contribution in [2.45, 2.75) is 123 Å². The van der Waals surface area contributed by atoms with E-state index in [1.54, 1.807) is 6.92 Å². The number of fused-ring (bicyclic) bond motifs is 2. The first-order valence-electron chi connectivity index (χ1n) is 23.1. The van der Waals surface area contributed by atoms with Crippen molar-refractivity contribution in [3.63, 3.8) is 0 Å². The maximum atomic E-state index is 12.7. The molecule has 1 atom stereocenters. The Hall–Kier alpha value is -4.49. The number of piperidine rings is 2. The van der Waals surface area contributed by atoms with Crippen LogP contribution in [0.1, 0.15) is 106 Å². The Morgan fingerprint density at radius 2 is 1.78 bits per heavy atom.